The molecular weight excluding hydrogens is 330 g/mol. The fourth-order valence-electron chi connectivity index (χ4n) is 1.68. The molecule has 0 heterocycles. The number of halogens is 3. The van der Waals surface area contributed by atoms with Crippen LogP contribution in [0.5, 0.6) is 0 Å². The van der Waals surface area contributed by atoms with Crippen molar-refractivity contribution in [1.29, 1.82) is 0 Å². The highest BCUT2D eigenvalue weighted by molar-refractivity contribution is 7.80. The van der Waals surface area contributed by atoms with E-state index in [1.54, 1.807) is 24.3 Å². The highest BCUT2D eigenvalue weighted by atomic mass is 35.5. The summed E-state index contributed by atoms with van der Waals surface area (Å²) in [6, 6.07) is 11.7. The highest BCUT2D eigenvalue weighted by Crippen LogP contribution is 2.22. The van der Waals surface area contributed by atoms with Gasteiger partial charge in [0, 0.05) is 13.1 Å². The molecule has 0 aliphatic rings. The molecule has 2 aromatic carbocycles. The third-order valence-electron chi connectivity index (χ3n) is 2.80. The summed E-state index contributed by atoms with van der Waals surface area (Å²) in [6.45, 7) is 1.08. The number of hydrogen-bond donors (Lipinski definition) is 2. The Morgan fingerprint density at radius 2 is 1.48 bits per heavy atom. The van der Waals surface area contributed by atoms with Gasteiger partial charge in [-0.3, -0.25) is 0 Å². The van der Waals surface area contributed by atoms with Gasteiger partial charge in [0.05, 0.1) is 10.0 Å². The van der Waals surface area contributed by atoms with Crippen LogP contribution in [0.2, 0.25) is 10.0 Å². The first kappa shape index (κ1) is 16.0. The average Bonchev–Trinajstić information content (AvgIpc) is 2.48. The van der Waals surface area contributed by atoms with Crippen LogP contribution in [-0.4, -0.2) is 5.11 Å². The van der Waals surface area contributed by atoms with E-state index in [0.29, 0.717) is 28.2 Å². The first-order valence-corrected chi connectivity index (χ1v) is 7.41. The maximum Gasteiger partial charge on any atom is 0.166 e. The lowest BCUT2D eigenvalue weighted by Gasteiger charge is -2.11. The fourth-order valence-corrected chi connectivity index (χ4v) is 2.14. The molecular formula is C15H13Cl2FN2S. The lowest BCUT2D eigenvalue weighted by molar-refractivity contribution is 0.626. The maximum absolute atomic E-state index is 12.8. The van der Waals surface area contributed by atoms with E-state index < -0.39 is 0 Å². The summed E-state index contributed by atoms with van der Waals surface area (Å²) < 4.78 is 12.8. The number of rotatable bonds is 4. The molecule has 0 atom stereocenters. The van der Waals surface area contributed by atoms with E-state index in [4.69, 9.17) is 35.4 Å². The molecule has 0 saturated carbocycles. The Bertz CT molecular complexity index is 632. The minimum Gasteiger partial charge on any atom is -0.359 e. The van der Waals surface area contributed by atoms with Gasteiger partial charge in [0.1, 0.15) is 5.82 Å². The van der Waals surface area contributed by atoms with Crippen molar-refractivity contribution in [2.45, 2.75) is 13.1 Å². The molecule has 0 spiro atoms. The largest absolute Gasteiger partial charge is 0.359 e. The van der Waals surface area contributed by atoms with E-state index in [-0.39, 0.29) is 5.82 Å². The predicted molar refractivity (Wildman–Crippen MR) is 89.1 cm³/mol. The molecule has 2 aromatic rings. The van der Waals surface area contributed by atoms with Gasteiger partial charge in [-0.05, 0) is 47.6 Å². The van der Waals surface area contributed by atoms with Crippen LogP contribution in [-0.2, 0) is 13.1 Å². The lowest BCUT2D eigenvalue weighted by atomic mass is 10.2. The Balaban J connectivity index is 1.79. The molecule has 0 unspecified atom stereocenters. The predicted octanol–water partition coefficient (Wildman–Crippen LogP) is 4.30. The fraction of sp³-hybridized carbons (Fsp3) is 0.133. The maximum atomic E-state index is 12.8. The molecule has 0 bridgehead atoms. The van der Waals surface area contributed by atoms with Crippen molar-refractivity contribution in [3.05, 3.63) is 69.5 Å². The molecule has 0 amide bonds. The van der Waals surface area contributed by atoms with E-state index in [9.17, 15) is 4.39 Å². The zero-order valence-corrected chi connectivity index (χ0v) is 13.3. The van der Waals surface area contributed by atoms with Crippen LogP contribution in [0.25, 0.3) is 0 Å². The molecule has 21 heavy (non-hydrogen) atoms. The van der Waals surface area contributed by atoms with Crippen molar-refractivity contribution in [3.8, 4) is 0 Å². The van der Waals surface area contributed by atoms with Crippen LogP contribution in [0.15, 0.2) is 42.5 Å². The quantitative estimate of drug-likeness (QED) is 0.810. The Kier molecular flexibility index (Phi) is 5.79. The first-order valence-electron chi connectivity index (χ1n) is 6.24. The van der Waals surface area contributed by atoms with Crippen LogP contribution >= 0.6 is 35.4 Å². The molecule has 0 saturated heterocycles. The van der Waals surface area contributed by atoms with Crippen molar-refractivity contribution < 1.29 is 4.39 Å². The van der Waals surface area contributed by atoms with E-state index in [1.165, 1.54) is 12.1 Å². The monoisotopic (exact) mass is 342 g/mol. The second-order valence-corrected chi connectivity index (χ2v) is 5.63. The summed E-state index contributed by atoms with van der Waals surface area (Å²) in [4.78, 5) is 0. The van der Waals surface area contributed by atoms with Gasteiger partial charge < -0.3 is 10.6 Å². The zero-order chi connectivity index (χ0) is 15.2. The number of hydrogen-bond acceptors (Lipinski definition) is 1. The Hall–Kier alpha value is -1.36. The van der Waals surface area contributed by atoms with E-state index in [1.807, 2.05) is 6.07 Å². The molecule has 0 radical (unpaired) electrons. The molecule has 0 fully saturated rings. The molecule has 110 valence electrons. The lowest BCUT2D eigenvalue weighted by Crippen LogP contribution is -2.34. The average molecular weight is 343 g/mol. The third-order valence-corrected chi connectivity index (χ3v) is 3.83. The number of benzene rings is 2. The summed E-state index contributed by atoms with van der Waals surface area (Å²) in [5, 5.41) is 7.68. The number of thiocarbonyl (C=S) groups is 1. The van der Waals surface area contributed by atoms with E-state index in [0.717, 1.165) is 11.1 Å². The topological polar surface area (TPSA) is 24.1 Å². The van der Waals surface area contributed by atoms with Crippen LogP contribution in [0.3, 0.4) is 0 Å². The third kappa shape index (κ3) is 5.16. The second-order valence-electron chi connectivity index (χ2n) is 4.41. The van der Waals surface area contributed by atoms with Gasteiger partial charge >= 0.3 is 0 Å². The first-order chi connectivity index (χ1) is 10.0. The van der Waals surface area contributed by atoms with Gasteiger partial charge in [-0.15, -0.1) is 0 Å². The minimum absolute atomic E-state index is 0.251. The second kappa shape index (κ2) is 7.59. The molecule has 2 nitrogen and oxygen atoms in total. The Morgan fingerprint density at radius 1 is 0.905 bits per heavy atom. The van der Waals surface area contributed by atoms with Gasteiger partial charge in [-0.2, -0.15) is 0 Å². The molecule has 6 heteroatoms. The summed E-state index contributed by atoms with van der Waals surface area (Å²) >= 11 is 17.0. The minimum atomic E-state index is -0.251. The van der Waals surface area contributed by atoms with Crippen molar-refractivity contribution in [1.82, 2.24) is 10.6 Å². The van der Waals surface area contributed by atoms with Crippen molar-refractivity contribution in [2.75, 3.05) is 0 Å². The van der Waals surface area contributed by atoms with Crippen molar-refractivity contribution >= 4 is 40.5 Å². The standard InChI is InChI=1S/C15H13Cl2FN2S/c16-13-6-3-11(7-14(13)17)9-20-15(21)19-8-10-1-4-12(18)5-2-10/h1-7H,8-9H2,(H2,19,20,21). The summed E-state index contributed by atoms with van der Waals surface area (Å²) in [6.07, 6.45) is 0. The van der Waals surface area contributed by atoms with Crippen LogP contribution in [0.4, 0.5) is 4.39 Å². The van der Waals surface area contributed by atoms with Crippen LogP contribution in [0, 0.1) is 5.82 Å². The zero-order valence-electron chi connectivity index (χ0n) is 11.0. The Morgan fingerprint density at radius 3 is 2.10 bits per heavy atom. The molecule has 0 aliphatic carbocycles. The van der Waals surface area contributed by atoms with Gasteiger partial charge in [-0.25, -0.2) is 4.39 Å². The van der Waals surface area contributed by atoms with Gasteiger partial charge in [0.25, 0.3) is 0 Å². The summed E-state index contributed by atoms with van der Waals surface area (Å²) in [7, 11) is 0. The summed E-state index contributed by atoms with van der Waals surface area (Å²) in [5.41, 5.74) is 1.94. The molecule has 0 aliphatic heterocycles. The van der Waals surface area contributed by atoms with E-state index >= 15 is 0 Å². The van der Waals surface area contributed by atoms with E-state index in [2.05, 4.69) is 10.6 Å². The normalized spacial score (nSPS) is 10.2. The van der Waals surface area contributed by atoms with Crippen molar-refractivity contribution in [3.63, 3.8) is 0 Å². The smallest absolute Gasteiger partial charge is 0.166 e. The van der Waals surface area contributed by atoms with Crippen molar-refractivity contribution in [2.24, 2.45) is 0 Å². The Labute approximate surface area is 138 Å². The van der Waals surface area contributed by atoms with Gasteiger partial charge in [0.2, 0.25) is 0 Å². The SMILES string of the molecule is Fc1ccc(CNC(=S)NCc2ccc(Cl)c(Cl)c2)cc1. The molecule has 2 rings (SSSR count). The van der Waals surface area contributed by atoms with Crippen LogP contribution in [0.1, 0.15) is 11.1 Å². The number of nitrogens with one attached hydrogen (secondary N) is 2. The van der Waals surface area contributed by atoms with Gasteiger partial charge in [-0.1, -0.05) is 41.4 Å². The summed E-state index contributed by atoms with van der Waals surface area (Å²) in [5.74, 6) is -0.251. The van der Waals surface area contributed by atoms with Crippen LogP contribution < -0.4 is 10.6 Å². The molecule has 0 aromatic heterocycles. The highest BCUT2D eigenvalue weighted by Gasteiger charge is 2.01. The molecule has 2 N–H and O–H groups in total. The van der Waals surface area contributed by atoms with Gasteiger partial charge in [0.15, 0.2) is 5.11 Å².